The van der Waals surface area contributed by atoms with E-state index in [4.69, 9.17) is 12.2 Å². The Balaban J connectivity index is 1.42. The van der Waals surface area contributed by atoms with Gasteiger partial charge in [-0.25, -0.2) is 4.39 Å². The van der Waals surface area contributed by atoms with Gasteiger partial charge in [0.05, 0.1) is 6.04 Å². The first-order chi connectivity index (χ1) is 15.9. The minimum absolute atomic E-state index is 0.131. The lowest BCUT2D eigenvalue weighted by Gasteiger charge is -2.42. The standard InChI is InChI=1S/C26H31FN4S2/c1-18-6-7-19(2)23(17-18)29-26(32)28-20(3)25(24-5-4-16-33-24)31-14-12-30(13-15-31)22-10-8-21(27)9-11-22/h4-11,16-17,20,25H,12-15H2,1-3H3,(H2,28,29,32)/t20-,25-/m0/s1. The number of thiocarbonyl (C=S) groups is 1. The average molecular weight is 483 g/mol. The monoisotopic (exact) mass is 482 g/mol. The van der Waals surface area contributed by atoms with Gasteiger partial charge < -0.3 is 15.5 Å². The Labute approximate surface area is 205 Å². The molecule has 1 saturated heterocycles. The van der Waals surface area contributed by atoms with E-state index in [2.05, 4.69) is 76.9 Å². The zero-order valence-corrected chi connectivity index (χ0v) is 21.0. The van der Waals surface area contributed by atoms with Crippen molar-refractivity contribution in [3.63, 3.8) is 0 Å². The highest BCUT2D eigenvalue weighted by molar-refractivity contribution is 7.80. The molecule has 0 bridgehead atoms. The van der Waals surface area contributed by atoms with Crippen molar-refractivity contribution in [2.45, 2.75) is 32.9 Å². The zero-order valence-electron chi connectivity index (χ0n) is 19.3. The van der Waals surface area contributed by atoms with Crippen LogP contribution in [0.15, 0.2) is 60.0 Å². The minimum atomic E-state index is -0.194. The van der Waals surface area contributed by atoms with Gasteiger partial charge in [-0.15, -0.1) is 11.3 Å². The second-order valence-electron chi connectivity index (χ2n) is 8.67. The Hall–Kier alpha value is -2.48. The fourth-order valence-corrected chi connectivity index (χ4v) is 5.69. The summed E-state index contributed by atoms with van der Waals surface area (Å²) in [6, 6.07) is 17.8. The van der Waals surface area contributed by atoms with Crippen LogP contribution >= 0.6 is 23.6 Å². The van der Waals surface area contributed by atoms with Gasteiger partial charge in [0.1, 0.15) is 5.82 Å². The van der Waals surface area contributed by atoms with E-state index in [1.54, 1.807) is 11.3 Å². The van der Waals surface area contributed by atoms with E-state index in [1.807, 2.05) is 12.1 Å². The molecule has 2 heterocycles. The molecule has 4 nitrogen and oxygen atoms in total. The van der Waals surface area contributed by atoms with Gasteiger partial charge in [-0.05, 0) is 85.9 Å². The Kier molecular flexibility index (Phi) is 7.63. The summed E-state index contributed by atoms with van der Waals surface area (Å²) in [5.41, 5.74) is 4.49. The number of nitrogens with one attached hydrogen (secondary N) is 2. The molecule has 1 aliphatic rings. The Morgan fingerprint density at radius 1 is 1.03 bits per heavy atom. The van der Waals surface area contributed by atoms with E-state index in [1.165, 1.54) is 28.1 Å². The van der Waals surface area contributed by atoms with E-state index in [0.717, 1.165) is 37.6 Å². The number of rotatable bonds is 6. The highest BCUT2D eigenvalue weighted by Crippen LogP contribution is 2.30. The van der Waals surface area contributed by atoms with Crippen molar-refractivity contribution in [2.75, 3.05) is 36.4 Å². The Morgan fingerprint density at radius 2 is 1.76 bits per heavy atom. The van der Waals surface area contributed by atoms with Crippen molar-refractivity contribution in [2.24, 2.45) is 0 Å². The summed E-state index contributed by atoms with van der Waals surface area (Å²) >= 11 is 7.47. The van der Waals surface area contributed by atoms with Crippen LogP contribution in [0.25, 0.3) is 0 Å². The molecular formula is C26H31FN4S2. The molecule has 0 radical (unpaired) electrons. The highest BCUT2D eigenvalue weighted by Gasteiger charge is 2.30. The first kappa shape index (κ1) is 23.7. The van der Waals surface area contributed by atoms with E-state index in [0.29, 0.717) is 5.11 Å². The van der Waals surface area contributed by atoms with E-state index in [-0.39, 0.29) is 17.9 Å². The fraction of sp³-hybridized carbons (Fsp3) is 0.346. The molecule has 0 aliphatic carbocycles. The maximum Gasteiger partial charge on any atom is 0.171 e. The Morgan fingerprint density at radius 3 is 2.42 bits per heavy atom. The number of nitrogens with zero attached hydrogens (tertiary/aromatic N) is 2. The molecule has 1 aromatic heterocycles. The van der Waals surface area contributed by atoms with Crippen molar-refractivity contribution < 1.29 is 4.39 Å². The number of aryl methyl sites for hydroxylation is 2. The molecule has 1 fully saturated rings. The SMILES string of the molecule is Cc1ccc(C)c(NC(=S)N[C@@H](C)[C@@H](c2cccs2)N2CCN(c3ccc(F)cc3)CC2)c1. The summed E-state index contributed by atoms with van der Waals surface area (Å²) < 4.78 is 13.3. The Bertz CT molecular complexity index is 1060. The lowest BCUT2D eigenvalue weighted by Crippen LogP contribution is -2.52. The van der Waals surface area contributed by atoms with E-state index < -0.39 is 0 Å². The molecule has 0 spiro atoms. The van der Waals surface area contributed by atoms with Gasteiger partial charge in [-0.3, -0.25) is 4.90 Å². The molecule has 4 rings (SSSR count). The quantitative estimate of drug-likeness (QED) is 0.438. The molecule has 2 aromatic carbocycles. The normalized spacial score (nSPS) is 16.3. The van der Waals surface area contributed by atoms with Gasteiger partial charge in [0.15, 0.2) is 5.11 Å². The molecule has 33 heavy (non-hydrogen) atoms. The molecule has 3 aromatic rings. The average Bonchev–Trinajstić information content (AvgIpc) is 3.32. The van der Waals surface area contributed by atoms with Crippen LogP contribution in [0.5, 0.6) is 0 Å². The van der Waals surface area contributed by atoms with Crippen LogP contribution in [0.1, 0.15) is 29.0 Å². The summed E-state index contributed by atoms with van der Waals surface area (Å²) in [7, 11) is 0. The molecule has 0 amide bonds. The maximum atomic E-state index is 13.3. The van der Waals surface area contributed by atoms with Crippen molar-refractivity contribution in [3.8, 4) is 0 Å². The topological polar surface area (TPSA) is 30.5 Å². The number of hydrogen-bond acceptors (Lipinski definition) is 4. The van der Waals surface area contributed by atoms with Gasteiger partial charge in [-0.1, -0.05) is 18.2 Å². The van der Waals surface area contributed by atoms with Crippen LogP contribution in [0.2, 0.25) is 0 Å². The first-order valence-electron chi connectivity index (χ1n) is 11.3. The smallest absolute Gasteiger partial charge is 0.171 e. The summed E-state index contributed by atoms with van der Waals surface area (Å²) in [5.74, 6) is -0.194. The highest BCUT2D eigenvalue weighted by atomic mass is 32.1. The maximum absolute atomic E-state index is 13.3. The van der Waals surface area contributed by atoms with Gasteiger partial charge in [0, 0.05) is 48.5 Å². The molecule has 7 heteroatoms. The molecular weight excluding hydrogens is 451 g/mol. The minimum Gasteiger partial charge on any atom is -0.369 e. The lowest BCUT2D eigenvalue weighted by molar-refractivity contribution is 0.163. The zero-order chi connectivity index (χ0) is 23.4. The fourth-order valence-electron chi connectivity index (χ4n) is 4.43. The predicted molar refractivity (Wildman–Crippen MR) is 142 cm³/mol. The van der Waals surface area contributed by atoms with Gasteiger partial charge >= 0.3 is 0 Å². The lowest BCUT2D eigenvalue weighted by atomic mass is 10.0. The number of benzene rings is 2. The molecule has 174 valence electrons. The molecule has 1 aliphatic heterocycles. The second-order valence-corrected chi connectivity index (χ2v) is 10.1. The number of thiophene rings is 1. The van der Waals surface area contributed by atoms with Crippen LogP contribution in [0.4, 0.5) is 15.8 Å². The molecule has 2 atom stereocenters. The largest absolute Gasteiger partial charge is 0.369 e. The van der Waals surface area contributed by atoms with Gasteiger partial charge in [-0.2, -0.15) is 0 Å². The summed E-state index contributed by atoms with van der Waals surface area (Å²) in [5, 5.41) is 9.70. The first-order valence-corrected chi connectivity index (χ1v) is 12.6. The van der Waals surface area contributed by atoms with Crippen molar-refractivity contribution in [1.29, 1.82) is 0 Å². The van der Waals surface area contributed by atoms with Crippen molar-refractivity contribution in [3.05, 3.63) is 81.8 Å². The molecule has 2 N–H and O–H groups in total. The van der Waals surface area contributed by atoms with Crippen LogP contribution in [0.3, 0.4) is 0 Å². The number of anilines is 2. The molecule has 0 saturated carbocycles. The van der Waals surface area contributed by atoms with Gasteiger partial charge in [0.2, 0.25) is 0 Å². The van der Waals surface area contributed by atoms with E-state index in [9.17, 15) is 4.39 Å². The predicted octanol–water partition coefficient (Wildman–Crippen LogP) is 5.74. The van der Waals surface area contributed by atoms with Crippen molar-refractivity contribution >= 4 is 40.0 Å². The third-order valence-corrected chi connectivity index (χ3v) is 7.37. The van der Waals surface area contributed by atoms with E-state index >= 15 is 0 Å². The summed E-state index contributed by atoms with van der Waals surface area (Å²) in [6.45, 7) is 10.1. The number of halogens is 1. The number of piperazine rings is 1. The molecule has 0 unspecified atom stereocenters. The van der Waals surface area contributed by atoms with Crippen molar-refractivity contribution in [1.82, 2.24) is 10.2 Å². The third kappa shape index (κ3) is 5.91. The van der Waals surface area contributed by atoms with Gasteiger partial charge in [0.25, 0.3) is 0 Å². The summed E-state index contributed by atoms with van der Waals surface area (Å²) in [4.78, 5) is 6.19. The second kappa shape index (κ2) is 10.6. The van der Waals surface area contributed by atoms with Crippen LogP contribution in [0, 0.1) is 19.7 Å². The van der Waals surface area contributed by atoms with Crippen LogP contribution in [-0.2, 0) is 0 Å². The van der Waals surface area contributed by atoms with Crippen LogP contribution < -0.4 is 15.5 Å². The summed E-state index contributed by atoms with van der Waals surface area (Å²) in [6.07, 6.45) is 0. The third-order valence-electron chi connectivity index (χ3n) is 6.21. The number of hydrogen-bond donors (Lipinski definition) is 2. The van der Waals surface area contributed by atoms with Crippen LogP contribution in [-0.4, -0.2) is 42.2 Å².